The first-order chi connectivity index (χ1) is 12.1. The molecule has 0 aliphatic heterocycles. The van der Waals surface area contributed by atoms with Crippen LogP contribution >= 0.6 is 0 Å². The summed E-state index contributed by atoms with van der Waals surface area (Å²) in [6.07, 6.45) is 0. The van der Waals surface area contributed by atoms with E-state index in [9.17, 15) is 9.59 Å². The van der Waals surface area contributed by atoms with Gasteiger partial charge < -0.3 is 20.1 Å². The summed E-state index contributed by atoms with van der Waals surface area (Å²) in [5.74, 6) is 0.126. The van der Waals surface area contributed by atoms with Crippen LogP contribution in [0, 0.1) is 0 Å². The van der Waals surface area contributed by atoms with Gasteiger partial charge in [0, 0.05) is 5.69 Å². The highest BCUT2D eigenvalue weighted by molar-refractivity contribution is 5.95. The smallest absolute Gasteiger partial charge is 0.338 e. The minimum Gasteiger partial charge on any atom is -0.492 e. The number of carbonyl (C=O) groups excluding carboxylic acids is 2. The zero-order valence-corrected chi connectivity index (χ0v) is 14.4. The van der Waals surface area contributed by atoms with Crippen molar-refractivity contribution in [1.29, 1.82) is 0 Å². The molecule has 0 fully saturated rings. The molecule has 0 aromatic heterocycles. The number of benzene rings is 2. The van der Waals surface area contributed by atoms with Crippen LogP contribution < -0.4 is 15.4 Å². The Balaban J connectivity index is 1.89. The SMILES string of the molecule is CCOC(=O)c1ccc(NC(=O)CNc2ccccc2OCC)cc1. The zero-order chi connectivity index (χ0) is 18.1. The molecule has 0 aliphatic carbocycles. The average Bonchev–Trinajstić information content (AvgIpc) is 2.62. The van der Waals surface area contributed by atoms with E-state index in [0.717, 1.165) is 5.69 Å². The van der Waals surface area contributed by atoms with Gasteiger partial charge in [0.15, 0.2) is 0 Å². The average molecular weight is 342 g/mol. The number of esters is 1. The molecule has 0 radical (unpaired) electrons. The van der Waals surface area contributed by atoms with Gasteiger partial charge in [-0.15, -0.1) is 0 Å². The molecule has 0 bridgehead atoms. The van der Waals surface area contributed by atoms with Crippen LogP contribution in [0.25, 0.3) is 0 Å². The van der Waals surface area contributed by atoms with Crippen molar-refractivity contribution in [3.63, 3.8) is 0 Å². The van der Waals surface area contributed by atoms with Gasteiger partial charge >= 0.3 is 5.97 Å². The number of hydrogen-bond acceptors (Lipinski definition) is 5. The van der Waals surface area contributed by atoms with Gasteiger partial charge in [-0.05, 0) is 50.2 Å². The molecule has 0 aliphatic rings. The maximum Gasteiger partial charge on any atom is 0.338 e. The van der Waals surface area contributed by atoms with E-state index < -0.39 is 0 Å². The summed E-state index contributed by atoms with van der Waals surface area (Å²) in [5.41, 5.74) is 1.82. The quantitative estimate of drug-likeness (QED) is 0.720. The van der Waals surface area contributed by atoms with Crippen LogP contribution in [-0.2, 0) is 9.53 Å². The highest BCUT2D eigenvalue weighted by Gasteiger charge is 2.08. The van der Waals surface area contributed by atoms with Crippen LogP contribution in [0.4, 0.5) is 11.4 Å². The van der Waals surface area contributed by atoms with Crippen LogP contribution in [0.3, 0.4) is 0 Å². The molecule has 0 unspecified atom stereocenters. The van der Waals surface area contributed by atoms with Gasteiger partial charge in [0.2, 0.25) is 5.91 Å². The third-order valence-electron chi connectivity index (χ3n) is 3.31. The van der Waals surface area contributed by atoms with E-state index in [1.54, 1.807) is 31.2 Å². The second-order valence-electron chi connectivity index (χ2n) is 5.13. The maximum absolute atomic E-state index is 12.1. The third kappa shape index (κ3) is 5.53. The summed E-state index contributed by atoms with van der Waals surface area (Å²) in [5, 5.41) is 5.82. The molecule has 0 saturated heterocycles. The van der Waals surface area contributed by atoms with Crippen LogP contribution in [0.2, 0.25) is 0 Å². The lowest BCUT2D eigenvalue weighted by atomic mass is 10.2. The van der Waals surface area contributed by atoms with Crippen molar-refractivity contribution in [2.75, 3.05) is 30.4 Å². The summed E-state index contributed by atoms with van der Waals surface area (Å²) >= 11 is 0. The first-order valence-corrected chi connectivity index (χ1v) is 8.16. The van der Waals surface area contributed by atoms with Gasteiger partial charge in [0.05, 0.1) is 31.0 Å². The predicted molar refractivity (Wildman–Crippen MR) is 97.1 cm³/mol. The monoisotopic (exact) mass is 342 g/mol. The lowest BCUT2D eigenvalue weighted by Gasteiger charge is -2.12. The Morgan fingerprint density at radius 3 is 2.36 bits per heavy atom. The molecule has 1 amide bonds. The predicted octanol–water partition coefficient (Wildman–Crippen LogP) is 3.31. The third-order valence-corrected chi connectivity index (χ3v) is 3.31. The van der Waals surface area contributed by atoms with Crippen molar-refractivity contribution < 1.29 is 19.1 Å². The van der Waals surface area contributed by atoms with E-state index in [2.05, 4.69) is 10.6 Å². The molecular formula is C19H22N2O4. The molecule has 0 saturated carbocycles. The summed E-state index contributed by atoms with van der Waals surface area (Å²) < 4.78 is 10.4. The number of nitrogens with one attached hydrogen (secondary N) is 2. The molecular weight excluding hydrogens is 320 g/mol. The fourth-order valence-electron chi connectivity index (χ4n) is 2.18. The fourth-order valence-corrected chi connectivity index (χ4v) is 2.18. The van der Waals surface area contributed by atoms with E-state index >= 15 is 0 Å². The molecule has 2 rings (SSSR count). The molecule has 0 heterocycles. The van der Waals surface area contributed by atoms with Crippen molar-refractivity contribution in [3.8, 4) is 5.75 Å². The Morgan fingerprint density at radius 2 is 1.68 bits per heavy atom. The highest BCUT2D eigenvalue weighted by atomic mass is 16.5. The van der Waals surface area contributed by atoms with Gasteiger partial charge in [-0.3, -0.25) is 4.79 Å². The van der Waals surface area contributed by atoms with Crippen LogP contribution in [0.15, 0.2) is 48.5 Å². The Kier molecular flexibility index (Phi) is 6.83. The number of hydrogen-bond donors (Lipinski definition) is 2. The van der Waals surface area contributed by atoms with E-state index in [0.29, 0.717) is 30.2 Å². The van der Waals surface area contributed by atoms with Gasteiger partial charge in [0.1, 0.15) is 5.75 Å². The minimum absolute atomic E-state index is 0.101. The van der Waals surface area contributed by atoms with Gasteiger partial charge in [-0.1, -0.05) is 12.1 Å². The number of anilines is 2. The van der Waals surface area contributed by atoms with Crippen molar-refractivity contribution in [1.82, 2.24) is 0 Å². The molecule has 2 aromatic carbocycles. The molecule has 2 aromatic rings. The van der Waals surface area contributed by atoms with Crippen LogP contribution in [-0.4, -0.2) is 31.6 Å². The minimum atomic E-state index is -0.380. The summed E-state index contributed by atoms with van der Waals surface area (Å²) in [7, 11) is 0. The van der Waals surface area contributed by atoms with Gasteiger partial charge in [-0.2, -0.15) is 0 Å². The Labute approximate surface area is 147 Å². The number of carbonyl (C=O) groups is 2. The molecule has 132 valence electrons. The van der Waals surface area contributed by atoms with Gasteiger partial charge in [-0.25, -0.2) is 4.79 Å². The number of ether oxygens (including phenoxy) is 2. The zero-order valence-electron chi connectivity index (χ0n) is 14.4. The summed E-state index contributed by atoms with van der Waals surface area (Å²) in [4.78, 5) is 23.7. The number of amides is 1. The van der Waals surface area contributed by atoms with E-state index in [4.69, 9.17) is 9.47 Å². The van der Waals surface area contributed by atoms with Crippen molar-refractivity contribution >= 4 is 23.3 Å². The van der Waals surface area contributed by atoms with E-state index in [-0.39, 0.29) is 18.4 Å². The Hall–Kier alpha value is -3.02. The lowest BCUT2D eigenvalue weighted by Crippen LogP contribution is -2.22. The molecule has 6 nitrogen and oxygen atoms in total. The number of rotatable bonds is 8. The Bertz CT molecular complexity index is 714. The largest absolute Gasteiger partial charge is 0.492 e. The van der Waals surface area contributed by atoms with Gasteiger partial charge in [0.25, 0.3) is 0 Å². The lowest BCUT2D eigenvalue weighted by molar-refractivity contribution is -0.114. The van der Waals surface area contributed by atoms with Crippen LogP contribution in [0.1, 0.15) is 24.2 Å². The molecule has 2 N–H and O–H groups in total. The normalized spacial score (nSPS) is 10.0. The van der Waals surface area contributed by atoms with E-state index in [1.165, 1.54) is 0 Å². The maximum atomic E-state index is 12.1. The molecule has 25 heavy (non-hydrogen) atoms. The van der Waals surface area contributed by atoms with Crippen molar-refractivity contribution in [3.05, 3.63) is 54.1 Å². The number of para-hydroxylation sites is 2. The standard InChI is InChI=1S/C19H22N2O4/c1-3-24-17-8-6-5-7-16(17)20-13-18(22)21-15-11-9-14(10-12-15)19(23)25-4-2/h5-12,20H,3-4,13H2,1-2H3,(H,21,22). The topological polar surface area (TPSA) is 76.7 Å². The Morgan fingerprint density at radius 1 is 0.960 bits per heavy atom. The second kappa shape index (κ2) is 9.32. The summed E-state index contributed by atoms with van der Waals surface area (Å²) in [6.45, 7) is 4.64. The van der Waals surface area contributed by atoms with E-state index in [1.807, 2.05) is 31.2 Å². The van der Waals surface area contributed by atoms with Crippen LogP contribution in [0.5, 0.6) is 5.75 Å². The highest BCUT2D eigenvalue weighted by Crippen LogP contribution is 2.23. The van der Waals surface area contributed by atoms with Crippen molar-refractivity contribution in [2.24, 2.45) is 0 Å². The van der Waals surface area contributed by atoms with Crippen molar-refractivity contribution in [2.45, 2.75) is 13.8 Å². The first kappa shape index (κ1) is 18.3. The summed E-state index contributed by atoms with van der Waals surface area (Å²) in [6, 6.07) is 14.0. The molecule has 0 spiro atoms. The second-order valence-corrected chi connectivity index (χ2v) is 5.13. The first-order valence-electron chi connectivity index (χ1n) is 8.16. The molecule has 6 heteroatoms. The fraction of sp³-hybridized carbons (Fsp3) is 0.263. The molecule has 0 atom stereocenters.